The summed E-state index contributed by atoms with van der Waals surface area (Å²) in [7, 11) is 1.90. The van der Waals surface area contributed by atoms with Crippen LogP contribution in [0.3, 0.4) is 0 Å². The molecule has 1 aromatic carbocycles. The maximum absolute atomic E-state index is 14.2. The van der Waals surface area contributed by atoms with Gasteiger partial charge in [0.25, 0.3) is 5.91 Å². The van der Waals surface area contributed by atoms with Gasteiger partial charge in [0.1, 0.15) is 17.3 Å². The Hall–Kier alpha value is -3.23. The zero-order valence-electron chi connectivity index (χ0n) is 16.8. The minimum absolute atomic E-state index is 0.107. The van der Waals surface area contributed by atoms with Gasteiger partial charge in [-0.15, -0.1) is 0 Å². The largest absolute Gasteiger partial charge is 0.357 e. The maximum atomic E-state index is 14.2. The van der Waals surface area contributed by atoms with Crippen LogP contribution >= 0.6 is 0 Å². The topological polar surface area (TPSA) is 93.9 Å². The van der Waals surface area contributed by atoms with Gasteiger partial charge in [-0.3, -0.25) is 4.79 Å². The van der Waals surface area contributed by atoms with Crippen LogP contribution in [0.5, 0.6) is 0 Å². The number of rotatable bonds is 5. The molecular weight excluding hydrogens is 392 g/mol. The molecule has 3 N–H and O–H groups in total. The Morgan fingerprint density at radius 1 is 1.33 bits per heavy atom. The fourth-order valence-corrected chi connectivity index (χ4v) is 3.92. The molecule has 2 atom stereocenters. The van der Waals surface area contributed by atoms with E-state index in [1.807, 2.05) is 24.1 Å². The summed E-state index contributed by atoms with van der Waals surface area (Å²) in [5.74, 6) is -0.576. The average molecular weight is 415 g/mol. The first-order valence-electron chi connectivity index (χ1n) is 9.78. The Balaban J connectivity index is 1.40. The average Bonchev–Trinajstić information content (AvgIpc) is 3.25. The minimum Gasteiger partial charge on any atom is -0.357 e. The number of H-pyrrole nitrogens is 2. The van der Waals surface area contributed by atoms with Gasteiger partial charge in [-0.2, -0.15) is 0 Å². The number of anilines is 1. The fraction of sp³-hybridized carbons (Fsp3) is 0.381. The van der Waals surface area contributed by atoms with Crippen molar-refractivity contribution in [3.8, 4) is 0 Å². The molecule has 2 aromatic heterocycles. The predicted octanol–water partition coefficient (Wildman–Crippen LogP) is 3.04. The predicted molar refractivity (Wildman–Crippen MR) is 110 cm³/mol. The molecule has 0 radical (unpaired) electrons. The van der Waals surface area contributed by atoms with E-state index >= 15 is 0 Å². The quantitative estimate of drug-likeness (QED) is 0.597. The molecule has 0 bridgehead atoms. The number of benzene rings is 1. The van der Waals surface area contributed by atoms with Crippen LogP contribution in [-0.2, 0) is 6.54 Å². The van der Waals surface area contributed by atoms with Gasteiger partial charge in [0.05, 0.1) is 16.6 Å². The summed E-state index contributed by atoms with van der Waals surface area (Å²) in [6.45, 7) is 1.80. The zero-order chi connectivity index (χ0) is 21.5. The third kappa shape index (κ3) is 4.05. The van der Waals surface area contributed by atoms with Gasteiger partial charge in [0.15, 0.2) is 0 Å². The molecule has 0 aliphatic heterocycles. The van der Waals surface area contributed by atoms with Crippen molar-refractivity contribution in [2.24, 2.45) is 0 Å². The summed E-state index contributed by atoms with van der Waals surface area (Å²) in [4.78, 5) is 35.1. The molecule has 1 saturated carbocycles. The molecule has 1 aliphatic rings. The van der Waals surface area contributed by atoms with Gasteiger partial charge < -0.3 is 20.2 Å². The number of pyridine rings is 1. The van der Waals surface area contributed by atoms with Crippen molar-refractivity contribution in [3.63, 3.8) is 0 Å². The monoisotopic (exact) mass is 415 g/mol. The molecule has 9 heteroatoms. The number of amides is 1. The van der Waals surface area contributed by atoms with Gasteiger partial charge >= 0.3 is 5.69 Å². The third-order valence-corrected chi connectivity index (χ3v) is 5.68. The van der Waals surface area contributed by atoms with E-state index in [4.69, 9.17) is 0 Å². The van der Waals surface area contributed by atoms with Gasteiger partial charge in [-0.05, 0) is 37.5 Å². The number of aromatic nitrogens is 3. The second-order valence-corrected chi connectivity index (χ2v) is 8.08. The molecule has 158 valence electrons. The van der Waals surface area contributed by atoms with E-state index in [1.54, 1.807) is 13.1 Å². The SMILES string of the molecule is CN(c1ccc(CNC(=O)c2cc3[nH]c(=O)[nH]c3cc2F)cn1)C1CCC(C)(F)C1. The lowest BCUT2D eigenvalue weighted by Gasteiger charge is -2.26. The summed E-state index contributed by atoms with van der Waals surface area (Å²) in [6.07, 6.45) is 3.45. The highest BCUT2D eigenvalue weighted by molar-refractivity contribution is 5.97. The highest BCUT2D eigenvalue weighted by atomic mass is 19.1. The van der Waals surface area contributed by atoms with Gasteiger partial charge in [-0.1, -0.05) is 6.07 Å². The molecule has 7 nitrogen and oxygen atoms in total. The first-order chi connectivity index (χ1) is 14.2. The van der Waals surface area contributed by atoms with Gasteiger partial charge in [0.2, 0.25) is 0 Å². The number of hydrogen-bond donors (Lipinski definition) is 3. The Morgan fingerprint density at radius 3 is 2.70 bits per heavy atom. The van der Waals surface area contributed by atoms with Crippen LogP contribution in [-0.4, -0.2) is 39.6 Å². The molecule has 2 unspecified atom stereocenters. The summed E-state index contributed by atoms with van der Waals surface area (Å²) < 4.78 is 28.3. The minimum atomic E-state index is -1.13. The van der Waals surface area contributed by atoms with E-state index in [2.05, 4.69) is 20.3 Å². The van der Waals surface area contributed by atoms with Crippen LogP contribution in [0.15, 0.2) is 35.3 Å². The van der Waals surface area contributed by atoms with Crippen LogP contribution < -0.4 is 15.9 Å². The van der Waals surface area contributed by atoms with Crippen molar-refractivity contribution >= 4 is 22.8 Å². The first-order valence-corrected chi connectivity index (χ1v) is 9.78. The second kappa shape index (κ2) is 7.55. The number of fused-ring (bicyclic) bond motifs is 1. The van der Waals surface area contributed by atoms with Crippen molar-refractivity contribution in [1.82, 2.24) is 20.3 Å². The molecule has 1 fully saturated rings. The number of nitrogens with one attached hydrogen (secondary N) is 3. The standard InChI is InChI=1S/C21H23F2N5O2/c1-21(23)6-5-13(9-21)28(2)18-4-3-12(10-24-18)11-25-19(29)14-7-16-17(8-15(14)22)27-20(30)26-16/h3-4,7-8,10,13H,5-6,9,11H2,1-2H3,(H,25,29)(H2,26,27,30). The molecule has 1 aliphatic carbocycles. The maximum Gasteiger partial charge on any atom is 0.323 e. The van der Waals surface area contributed by atoms with E-state index in [-0.39, 0.29) is 18.2 Å². The van der Waals surface area contributed by atoms with Gasteiger partial charge in [0, 0.05) is 38.3 Å². The molecule has 4 rings (SSSR count). The van der Waals surface area contributed by atoms with E-state index in [0.29, 0.717) is 23.9 Å². The molecule has 0 spiro atoms. The lowest BCUT2D eigenvalue weighted by molar-refractivity contribution is 0.0947. The van der Waals surface area contributed by atoms with E-state index in [1.165, 1.54) is 6.07 Å². The number of aromatic amines is 2. The summed E-state index contributed by atoms with van der Waals surface area (Å²) in [5, 5.41) is 2.66. The number of imidazole rings is 1. The second-order valence-electron chi connectivity index (χ2n) is 8.08. The molecule has 3 aromatic rings. The Kier molecular flexibility index (Phi) is 5.05. The van der Waals surface area contributed by atoms with E-state index < -0.39 is 23.1 Å². The van der Waals surface area contributed by atoms with Crippen molar-refractivity contribution in [3.05, 3.63) is 57.9 Å². The smallest absolute Gasteiger partial charge is 0.323 e. The fourth-order valence-electron chi connectivity index (χ4n) is 3.92. The van der Waals surface area contributed by atoms with Crippen LogP contribution in [0, 0.1) is 5.82 Å². The molecule has 30 heavy (non-hydrogen) atoms. The van der Waals surface area contributed by atoms with Crippen LogP contribution in [0.2, 0.25) is 0 Å². The number of alkyl halides is 1. The first kappa shape index (κ1) is 20.1. The zero-order valence-corrected chi connectivity index (χ0v) is 16.8. The highest BCUT2D eigenvalue weighted by Crippen LogP contribution is 2.36. The van der Waals surface area contributed by atoms with Crippen molar-refractivity contribution < 1.29 is 13.6 Å². The third-order valence-electron chi connectivity index (χ3n) is 5.68. The van der Waals surface area contributed by atoms with E-state index in [9.17, 15) is 18.4 Å². The molecule has 2 heterocycles. The normalized spacial score (nSPS) is 21.1. The molecular formula is C21H23F2N5O2. The Morgan fingerprint density at radius 2 is 2.07 bits per heavy atom. The molecule has 0 saturated heterocycles. The summed E-state index contributed by atoms with van der Waals surface area (Å²) in [5.41, 5.74) is -0.345. The van der Waals surface area contributed by atoms with Gasteiger partial charge in [-0.25, -0.2) is 18.6 Å². The van der Waals surface area contributed by atoms with Crippen molar-refractivity contribution in [2.75, 3.05) is 11.9 Å². The van der Waals surface area contributed by atoms with Crippen LogP contribution in [0.25, 0.3) is 11.0 Å². The number of nitrogens with zero attached hydrogens (tertiary/aromatic N) is 2. The Labute approximate surface area is 171 Å². The number of hydrogen-bond acceptors (Lipinski definition) is 4. The summed E-state index contributed by atoms with van der Waals surface area (Å²) in [6, 6.07) is 6.17. The molecule has 1 amide bonds. The summed E-state index contributed by atoms with van der Waals surface area (Å²) >= 11 is 0. The van der Waals surface area contributed by atoms with Crippen LogP contribution in [0.1, 0.15) is 42.1 Å². The van der Waals surface area contributed by atoms with Crippen molar-refractivity contribution in [2.45, 2.75) is 44.4 Å². The highest BCUT2D eigenvalue weighted by Gasteiger charge is 2.37. The van der Waals surface area contributed by atoms with E-state index in [0.717, 1.165) is 23.9 Å². The lowest BCUT2D eigenvalue weighted by Crippen LogP contribution is -2.31. The number of carbonyl (C=O) groups excluding carboxylic acids is 1. The Bertz CT molecular complexity index is 1140. The van der Waals surface area contributed by atoms with Crippen molar-refractivity contribution in [1.29, 1.82) is 0 Å². The number of halogens is 2. The number of carbonyl (C=O) groups is 1. The van der Waals surface area contributed by atoms with Crippen LogP contribution in [0.4, 0.5) is 14.6 Å². The lowest BCUT2D eigenvalue weighted by atomic mass is 10.1.